The Morgan fingerprint density at radius 2 is 1.17 bits per heavy atom. The van der Waals surface area contributed by atoms with E-state index < -0.39 is 0 Å². The third-order valence-electron chi connectivity index (χ3n) is 3.35. The van der Waals surface area contributed by atoms with Gasteiger partial charge in [0.15, 0.2) is 0 Å². The van der Waals surface area contributed by atoms with E-state index in [1.54, 1.807) is 0 Å². The van der Waals surface area contributed by atoms with Gasteiger partial charge in [0, 0.05) is 13.1 Å². The van der Waals surface area contributed by atoms with Gasteiger partial charge in [0.25, 0.3) is 0 Å². The lowest BCUT2D eigenvalue weighted by Gasteiger charge is -2.36. The lowest BCUT2D eigenvalue weighted by Crippen LogP contribution is -2.37. The van der Waals surface area contributed by atoms with Crippen LogP contribution in [0.5, 0.6) is 0 Å². The molecule has 2 saturated heterocycles. The molecule has 2 aliphatic heterocycles. The van der Waals surface area contributed by atoms with Crippen molar-refractivity contribution in [2.45, 2.75) is 25.7 Å². The summed E-state index contributed by atoms with van der Waals surface area (Å²) in [6, 6.07) is 0. The van der Waals surface area contributed by atoms with Crippen LogP contribution in [0.2, 0.25) is 0 Å². The molecule has 0 aromatic rings. The standard InChI is InChI=1S/C9H19N3/c1-5-10-6-2-9(1)3-7-11-12-8-4-9/h10-12H,1-8H2. The van der Waals surface area contributed by atoms with Gasteiger partial charge in [0.1, 0.15) is 0 Å². The van der Waals surface area contributed by atoms with Crippen molar-refractivity contribution < 1.29 is 0 Å². The number of rotatable bonds is 0. The van der Waals surface area contributed by atoms with Crippen molar-refractivity contribution in [2.24, 2.45) is 5.41 Å². The summed E-state index contributed by atoms with van der Waals surface area (Å²) in [6.07, 6.45) is 5.44. The van der Waals surface area contributed by atoms with E-state index in [4.69, 9.17) is 0 Å². The highest BCUT2D eigenvalue weighted by Gasteiger charge is 2.31. The van der Waals surface area contributed by atoms with Gasteiger partial charge in [-0.3, -0.25) is 10.9 Å². The molecule has 12 heavy (non-hydrogen) atoms. The van der Waals surface area contributed by atoms with Gasteiger partial charge in [-0.15, -0.1) is 0 Å². The van der Waals surface area contributed by atoms with E-state index in [0.717, 1.165) is 13.1 Å². The van der Waals surface area contributed by atoms with Crippen LogP contribution >= 0.6 is 0 Å². The van der Waals surface area contributed by atoms with Crippen LogP contribution in [0.4, 0.5) is 0 Å². The summed E-state index contributed by atoms with van der Waals surface area (Å²) in [5, 5.41) is 3.44. The number of hydrogen-bond donors (Lipinski definition) is 3. The molecule has 2 fully saturated rings. The normalized spacial score (nSPS) is 30.0. The van der Waals surface area contributed by atoms with Crippen LogP contribution in [0.3, 0.4) is 0 Å². The molecule has 0 bridgehead atoms. The molecule has 0 unspecified atom stereocenters. The summed E-state index contributed by atoms with van der Waals surface area (Å²) in [6.45, 7) is 4.72. The van der Waals surface area contributed by atoms with Gasteiger partial charge >= 0.3 is 0 Å². The monoisotopic (exact) mass is 169 g/mol. The van der Waals surface area contributed by atoms with Gasteiger partial charge in [0.2, 0.25) is 0 Å². The third kappa shape index (κ3) is 1.79. The van der Waals surface area contributed by atoms with E-state index in [0.29, 0.717) is 5.41 Å². The Bertz CT molecular complexity index is 131. The van der Waals surface area contributed by atoms with Crippen LogP contribution < -0.4 is 16.2 Å². The molecule has 0 amide bonds. The average Bonchev–Trinajstić information content (AvgIpc) is 2.33. The summed E-state index contributed by atoms with van der Waals surface area (Å²) in [7, 11) is 0. The molecule has 0 aromatic carbocycles. The number of hydrogen-bond acceptors (Lipinski definition) is 3. The smallest absolute Gasteiger partial charge is 0.0105 e. The SMILES string of the molecule is C1CC2(CCN1)CCNNCC2. The Balaban J connectivity index is 1.95. The molecular weight excluding hydrogens is 150 g/mol. The molecule has 0 radical (unpaired) electrons. The summed E-state index contributed by atoms with van der Waals surface area (Å²) >= 11 is 0. The maximum atomic E-state index is 3.44. The van der Waals surface area contributed by atoms with E-state index in [1.165, 1.54) is 38.8 Å². The molecule has 3 heteroatoms. The Hall–Kier alpha value is -0.120. The Morgan fingerprint density at radius 3 is 1.75 bits per heavy atom. The molecule has 0 aromatic heterocycles. The quantitative estimate of drug-likeness (QED) is 0.486. The first-order chi connectivity index (χ1) is 5.91. The second-order valence-electron chi connectivity index (χ2n) is 4.10. The van der Waals surface area contributed by atoms with Crippen LogP contribution in [-0.2, 0) is 0 Å². The van der Waals surface area contributed by atoms with E-state index in [2.05, 4.69) is 16.2 Å². The summed E-state index contributed by atoms with van der Waals surface area (Å²) in [5.41, 5.74) is 7.15. The molecular formula is C9H19N3. The fourth-order valence-corrected chi connectivity index (χ4v) is 2.41. The molecule has 2 aliphatic rings. The molecule has 0 saturated carbocycles. The molecule has 2 rings (SSSR count). The third-order valence-corrected chi connectivity index (χ3v) is 3.35. The molecule has 0 atom stereocenters. The Kier molecular flexibility index (Phi) is 2.63. The molecule has 3 N–H and O–H groups in total. The van der Waals surface area contributed by atoms with Gasteiger partial charge in [-0.1, -0.05) is 0 Å². The fourth-order valence-electron chi connectivity index (χ4n) is 2.41. The summed E-state index contributed by atoms with van der Waals surface area (Å²) in [5.74, 6) is 0. The molecule has 2 heterocycles. The zero-order valence-corrected chi connectivity index (χ0v) is 7.66. The van der Waals surface area contributed by atoms with E-state index in [-0.39, 0.29) is 0 Å². The lowest BCUT2D eigenvalue weighted by molar-refractivity contribution is 0.182. The van der Waals surface area contributed by atoms with Crippen molar-refractivity contribution >= 4 is 0 Å². The lowest BCUT2D eigenvalue weighted by atomic mass is 9.74. The van der Waals surface area contributed by atoms with Crippen LogP contribution in [-0.4, -0.2) is 26.2 Å². The van der Waals surface area contributed by atoms with Crippen LogP contribution in [0.1, 0.15) is 25.7 Å². The minimum absolute atomic E-state index is 0.655. The van der Waals surface area contributed by atoms with Crippen LogP contribution in [0.25, 0.3) is 0 Å². The number of hydrazine groups is 1. The van der Waals surface area contributed by atoms with Crippen LogP contribution in [0, 0.1) is 5.41 Å². The maximum Gasteiger partial charge on any atom is 0.0105 e. The largest absolute Gasteiger partial charge is 0.317 e. The van der Waals surface area contributed by atoms with Gasteiger partial charge in [-0.25, -0.2) is 0 Å². The highest BCUT2D eigenvalue weighted by atomic mass is 15.3. The number of piperidine rings is 1. The predicted molar refractivity (Wildman–Crippen MR) is 49.8 cm³/mol. The minimum atomic E-state index is 0.655. The zero-order valence-electron chi connectivity index (χ0n) is 7.66. The van der Waals surface area contributed by atoms with Gasteiger partial charge in [-0.05, 0) is 44.2 Å². The summed E-state index contributed by atoms with van der Waals surface area (Å²) < 4.78 is 0. The van der Waals surface area contributed by atoms with Crippen molar-refractivity contribution in [1.29, 1.82) is 0 Å². The second-order valence-corrected chi connectivity index (χ2v) is 4.10. The van der Waals surface area contributed by atoms with Crippen molar-refractivity contribution in [2.75, 3.05) is 26.2 Å². The van der Waals surface area contributed by atoms with Crippen molar-refractivity contribution in [3.05, 3.63) is 0 Å². The highest BCUT2D eigenvalue weighted by molar-refractivity contribution is 4.86. The van der Waals surface area contributed by atoms with E-state index in [9.17, 15) is 0 Å². The zero-order chi connectivity index (χ0) is 8.28. The van der Waals surface area contributed by atoms with Crippen molar-refractivity contribution in [3.8, 4) is 0 Å². The molecule has 3 nitrogen and oxygen atoms in total. The van der Waals surface area contributed by atoms with E-state index in [1.807, 2.05) is 0 Å². The molecule has 70 valence electrons. The van der Waals surface area contributed by atoms with Crippen molar-refractivity contribution in [3.63, 3.8) is 0 Å². The van der Waals surface area contributed by atoms with Gasteiger partial charge in [0.05, 0.1) is 0 Å². The fraction of sp³-hybridized carbons (Fsp3) is 1.00. The summed E-state index contributed by atoms with van der Waals surface area (Å²) in [4.78, 5) is 0. The first-order valence-corrected chi connectivity index (χ1v) is 5.08. The Morgan fingerprint density at radius 1 is 0.667 bits per heavy atom. The van der Waals surface area contributed by atoms with E-state index >= 15 is 0 Å². The van der Waals surface area contributed by atoms with Gasteiger partial charge in [-0.2, -0.15) is 0 Å². The highest BCUT2D eigenvalue weighted by Crippen LogP contribution is 2.36. The maximum absolute atomic E-state index is 3.44. The van der Waals surface area contributed by atoms with Crippen molar-refractivity contribution in [1.82, 2.24) is 16.2 Å². The Labute approximate surface area is 74.3 Å². The molecule has 1 spiro atoms. The van der Waals surface area contributed by atoms with Gasteiger partial charge < -0.3 is 5.32 Å². The first-order valence-electron chi connectivity index (χ1n) is 5.08. The molecule has 0 aliphatic carbocycles. The number of nitrogens with one attached hydrogen (secondary N) is 3. The average molecular weight is 169 g/mol. The topological polar surface area (TPSA) is 36.1 Å². The second kappa shape index (κ2) is 3.73. The van der Waals surface area contributed by atoms with Crippen LogP contribution in [0.15, 0.2) is 0 Å². The predicted octanol–water partition coefficient (Wildman–Crippen LogP) is 0.244. The first kappa shape index (κ1) is 8.48. The minimum Gasteiger partial charge on any atom is -0.317 e.